The molecule has 0 fully saturated rings. The van der Waals surface area contributed by atoms with Gasteiger partial charge >= 0.3 is 11.9 Å². The van der Waals surface area contributed by atoms with Crippen molar-refractivity contribution in [1.82, 2.24) is 25.9 Å². The molecule has 14 nitrogen and oxygen atoms in total. The number of aromatic hydroxyl groups is 1. The van der Waals surface area contributed by atoms with E-state index in [0.29, 0.717) is 11.3 Å². The molecule has 206 valence electrons. The Balaban J connectivity index is 2.23. The fourth-order valence-electron chi connectivity index (χ4n) is 3.51. The number of phenolic OH excluding ortho intramolecular Hbond substituents is 1. The highest BCUT2D eigenvalue weighted by molar-refractivity contribution is 5.95. The first kappa shape index (κ1) is 29.8. The molecule has 1 aromatic carbocycles. The van der Waals surface area contributed by atoms with Crippen molar-refractivity contribution in [1.29, 1.82) is 0 Å². The number of hydrogen-bond acceptors (Lipinski definition) is 8. The van der Waals surface area contributed by atoms with Gasteiger partial charge in [-0.3, -0.25) is 19.2 Å². The van der Waals surface area contributed by atoms with E-state index in [-0.39, 0.29) is 18.6 Å². The van der Waals surface area contributed by atoms with Crippen molar-refractivity contribution in [3.63, 3.8) is 0 Å². The Hall–Kier alpha value is -4.46. The van der Waals surface area contributed by atoms with Gasteiger partial charge in [-0.25, -0.2) is 9.78 Å². The van der Waals surface area contributed by atoms with Crippen molar-refractivity contribution in [3.05, 3.63) is 48.0 Å². The summed E-state index contributed by atoms with van der Waals surface area (Å²) in [5, 5.41) is 35.2. The molecule has 0 radical (unpaired) electrons. The largest absolute Gasteiger partial charge is 0.508 e. The number of carbonyl (C=O) groups excluding carboxylic acids is 3. The van der Waals surface area contributed by atoms with Crippen LogP contribution in [-0.2, 0) is 36.8 Å². The highest BCUT2D eigenvalue weighted by atomic mass is 16.4. The van der Waals surface area contributed by atoms with Crippen LogP contribution in [0.4, 0.5) is 0 Å². The number of carbonyl (C=O) groups is 5. The van der Waals surface area contributed by atoms with Crippen molar-refractivity contribution < 1.29 is 39.3 Å². The minimum Gasteiger partial charge on any atom is -0.508 e. The first-order chi connectivity index (χ1) is 17.9. The number of nitrogens with one attached hydrogen (secondary N) is 4. The monoisotopic (exact) mass is 532 g/mol. The minimum atomic E-state index is -1.63. The third-order valence-electron chi connectivity index (χ3n) is 5.58. The van der Waals surface area contributed by atoms with Crippen LogP contribution in [0.25, 0.3) is 0 Å². The fourth-order valence-corrected chi connectivity index (χ4v) is 3.51. The molecule has 3 amide bonds. The zero-order chi connectivity index (χ0) is 28.4. The van der Waals surface area contributed by atoms with Gasteiger partial charge in [-0.2, -0.15) is 0 Å². The van der Waals surface area contributed by atoms with Gasteiger partial charge in [-0.05, 0) is 23.6 Å². The molecule has 0 aliphatic rings. The van der Waals surface area contributed by atoms with Gasteiger partial charge in [0.25, 0.3) is 0 Å². The lowest BCUT2D eigenvalue weighted by molar-refractivity contribution is -0.144. The summed E-state index contributed by atoms with van der Waals surface area (Å²) in [6.45, 7) is 3.11. The maximum atomic E-state index is 13.2. The number of phenols is 1. The Morgan fingerprint density at radius 3 is 2.05 bits per heavy atom. The standard InChI is InChI=1S/C24H32N6O8/c1-12(2)20(24(37)38)30-23(36)18(9-19(32)33)29-22(35)17(7-13-3-5-15(31)6-4-13)28-21(34)16(25)8-14-10-26-11-27-14/h3-6,10-12,16-18,20,31H,7-9,25H2,1-2H3,(H,26,27)(H,28,34)(H,29,35)(H,30,36)(H,32,33)(H,37,38). The first-order valence-electron chi connectivity index (χ1n) is 11.7. The molecule has 0 aliphatic carbocycles. The van der Waals surface area contributed by atoms with Crippen LogP contribution in [0.15, 0.2) is 36.8 Å². The number of benzene rings is 1. The summed E-state index contributed by atoms with van der Waals surface area (Å²) in [4.78, 5) is 68.3. The lowest BCUT2D eigenvalue weighted by atomic mass is 10.0. The van der Waals surface area contributed by atoms with Gasteiger partial charge in [0.15, 0.2) is 0 Å². The fraction of sp³-hybridized carbons (Fsp3) is 0.417. The topological polar surface area (TPSA) is 237 Å². The van der Waals surface area contributed by atoms with Crippen LogP contribution in [0.1, 0.15) is 31.5 Å². The van der Waals surface area contributed by atoms with Gasteiger partial charge in [-0.15, -0.1) is 0 Å². The van der Waals surface area contributed by atoms with Gasteiger partial charge in [0, 0.05) is 24.7 Å². The van der Waals surface area contributed by atoms with Gasteiger partial charge in [0.2, 0.25) is 17.7 Å². The molecular weight excluding hydrogens is 500 g/mol. The number of amides is 3. The molecule has 1 aromatic heterocycles. The number of carboxylic acids is 2. The quantitative estimate of drug-likeness (QED) is 0.146. The first-order valence-corrected chi connectivity index (χ1v) is 11.7. The number of carboxylic acid groups (broad SMARTS) is 2. The summed E-state index contributed by atoms with van der Waals surface area (Å²) in [5.41, 5.74) is 7.10. The number of nitrogens with two attached hydrogens (primary N) is 1. The molecule has 38 heavy (non-hydrogen) atoms. The smallest absolute Gasteiger partial charge is 0.326 e. The third-order valence-corrected chi connectivity index (χ3v) is 5.58. The van der Waals surface area contributed by atoms with Crippen molar-refractivity contribution in [2.24, 2.45) is 11.7 Å². The molecule has 0 spiro atoms. The highest BCUT2D eigenvalue weighted by Gasteiger charge is 2.32. The number of nitrogens with zero attached hydrogens (tertiary/aromatic N) is 1. The second kappa shape index (κ2) is 13.7. The van der Waals surface area contributed by atoms with E-state index >= 15 is 0 Å². The average Bonchev–Trinajstić information content (AvgIpc) is 3.35. The number of aliphatic carboxylic acids is 2. The Bertz CT molecular complexity index is 1120. The number of aromatic nitrogens is 2. The number of rotatable bonds is 14. The van der Waals surface area contributed by atoms with Gasteiger partial charge in [0.1, 0.15) is 23.9 Å². The third kappa shape index (κ3) is 9.20. The van der Waals surface area contributed by atoms with Crippen LogP contribution in [0.2, 0.25) is 0 Å². The summed E-state index contributed by atoms with van der Waals surface area (Å²) < 4.78 is 0. The maximum Gasteiger partial charge on any atom is 0.326 e. The Morgan fingerprint density at radius 1 is 0.921 bits per heavy atom. The molecule has 0 bridgehead atoms. The molecule has 4 atom stereocenters. The van der Waals surface area contributed by atoms with Crippen LogP contribution < -0.4 is 21.7 Å². The van der Waals surface area contributed by atoms with E-state index in [1.165, 1.54) is 36.8 Å². The number of H-pyrrole nitrogens is 1. The van der Waals surface area contributed by atoms with Crippen LogP contribution in [0.3, 0.4) is 0 Å². The van der Waals surface area contributed by atoms with E-state index < -0.39 is 66.2 Å². The SMILES string of the molecule is CC(C)C(NC(=O)C(CC(=O)O)NC(=O)C(Cc1ccc(O)cc1)NC(=O)C(N)Cc1cnc[nH]1)C(=O)O. The molecule has 0 saturated heterocycles. The summed E-state index contributed by atoms with van der Waals surface area (Å²) in [7, 11) is 0. The molecule has 2 rings (SSSR count). The van der Waals surface area contributed by atoms with Crippen LogP contribution in [0, 0.1) is 5.92 Å². The molecule has 0 saturated carbocycles. The van der Waals surface area contributed by atoms with E-state index in [1.807, 2.05) is 0 Å². The molecular formula is C24H32N6O8. The number of aromatic amines is 1. The van der Waals surface area contributed by atoms with E-state index in [2.05, 4.69) is 25.9 Å². The molecule has 2 aromatic rings. The summed E-state index contributed by atoms with van der Waals surface area (Å²) >= 11 is 0. The van der Waals surface area contributed by atoms with Crippen molar-refractivity contribution in [2.75, 3.05) is 0 Å². The van der Waals surface area contributed by atoms with Crippen molar-refractivity contribution in [2.45, 2.75) is 57.3 Å². The minimum absolute atomic E-state index is 0.0169. The second-order valence-electron chi connectivity index (χ2n) is 9.05. The van der Waals surface area contributed by atoms with Crippen LogP contribution in [-0.4, -0.2) is 79.1 Å². The van der Waals surface area contributed by atoms with Gasteiger partial charge in [-0.1, -0.05) is 26.0 Å². The predicted molar refractivity (Wildman–Crippen MR) is 133 cm³/mol. The summed E-state index contributed by atoms with van der Waals surface area (Å²) in [6, 6.07) is 0.517. The maximum absolute atomic E-state index is 13.2. The average molecular weight is 533 g/mol. The molecule has 14 heteroatoms. The van der Waals surface area contributed by atoms with E-state index in [9.17, 15) is 39.3 Å². The normalized spacial score (nSPS) is 14.1. The number of hydrogen-bond donors (Lipinski definition) is 8. The summed E-state index contributed by atoms with van der Waals surface area (Å²) in [5.74, 6) is -5.86. The van der Waals surface area contributed by atoms with Crippen molar-refractivity contribution in [3.8, 4) is 5.75 Å². The van der Waals surface area contributed by atoms with Crippen LogP contribution in [0.5, 0.6) is 5.75 Å². The zero-order valence-corrected chi connectivity index (χ0v) is 20.9. The lowest BCUT2D eigenvalue weighted by Crippen LogP contribution is -2.58. The molecule has 1 heterocycles. The molecule has 4 unspecified atom stereocenters. The highest BCUT2D eigenvalue weighted by Crippen LogP contribution is 2.12. The summed E-state index contributed by atoms with van der Waals surface area (Å²) in [6.07, 6.45) is 2.09. The van der Waals surface area contributed by atoms with Crippen LogP contribution >= 0.6 is 0 Å². The molecule has 9 N–H and O–H groups in total. The Labute approximate surface area is 218 Å². The predicted octanol–water partition coefficient (Wildman–Crippen LogP) is -1.10. The van der Waals surface area contributed by atoms with Crippen molar-refractivity contribution >= 4 is 29.7 Å². The van der Waals surface area contributed by atoms with E-state index in [0.717, 1.165) is 0 Å². The Kier molecular flexibility index (Phi) is 10.8. The Morgan fingerprint density at radius 2 is 1.53 bits per heavy atom. The lowest BCUT2D eigenvalue weighted by Gasteiger charge is -2.25. The van der Waals surface area contributed by atoms with Gasteiger partial charge < -0.3 is 42.0 Å². The second-order valence-corrected chi connectivity index (χ2v) is 9.05. The van der Waals surface area contributed by atoms with E-state index in [1.54, 1.807) is 13.8 Å². The van der Waals surface area contributed by atoms with E-state index in [4.69, 9.17) is 5.73 Å². The zero-order valence-electron chi connectivity index (χ0n) is 20.9. The molecule has 0 aliphatic heterocycles. The van der Waals surface area contributed by atoms with Gasteiger partial charge in [0.05, 0.1) is 18.8 Å². The number of imidazole rings is 1.